The van der Waals surface area contributed by atoms with Gasteiger partial charge in [0, 0.05) is 51.4 Å². The summed E-state index contributed by atoms with van der Waals surface area (Å²) in [5.41, 5.74) is 2.15. The maximum Gasteiger partial charge on any atom is 0.274 e. The predicted molar refractivity (Wildman–Crippen MR) is 118 cm³/mol. The van der Waals surface area contributed by atoms with Crippen LogP contribution in [0.2, 0.25) is 0 Å². The van der Waals surface area contributed by atoms with E-state index in [-0.39, 0.29) is 30.3 Å². The molecule has 0 radical (unpaired) electrons. The number of nitrogens with zero attached hydrogens (tertiary/aromatic N) is 6. The molecule has 0 spiro atoms. The molecular weight excluding hydrogens is 408 g/mol. The molecule has 9 nitrogen and oxygen atoms in total. The van der Waals surface area contributed by atoms with E-state index in [9.17, 15) is 14.4 Å². The van der Waals surface area contributed by atoms with Crippen LogP contribution in [0.4, 0.5) is 0 Å². The Kier molecular flexibility index (Phi) is 5.46. The summed E-state index contributed by atoms with van der Waals surface area (Å²) in [6.45, 7) is 3.12. The normalized spacial score (nSPS) is 16.2. The standard InChI is InChI=1S/C23H26N6O3/c30-21(8-10-28-16-24-19-7-2-1-6-18(19)22(28)31)26-11-13-27(14-12-26)23(32)20-15-17-5-3-4-9-29(17)25-20/h1-2,6-7,15-16H,3-5,8-14H2. The topological polar surface area (TPSA) is 93.3 Å². The summed E-state index contributed by atoms with van der Waals surface area (Å²) >= 11 is 0. The monoisotopic (exact) mass is 434 g/mol. The Labute approximate surface area is 185 Å². The molecule has 9 heteroatoms. The van der Waals surface area contributed by atoms with E-state index in [1.807, 2.05) is 16.8 Å². The lowest BCUT2D eigenvalue weighted by Crippen LogP contribution is -2.50. The number of carbonyl (C=O) groups excluding carboxylic acids is 2. The van der Waals surface area contributed by atoms with E-state index in [4.69, 9.17) is 0 Å². The van der Waals surface area contributed by atoms with Crippen LogP contribution in [0.3, 0.4) is 0 Å². The smallest absolute Gasteiger partial charge is 0.274 e. The van der Waals surface area contributed by atoms with Crippen molar-refractivity contribution in [1.29, 1.82) is 0 Å². The lowest BCUT2D eigenvalue weighted by Gasteiger charge is -2.34. The molecule has 2 aromatic heterocycles. The van der Waals surface area contributed by atoms with Gasteiger partial charge in [-0.3, -0.25) is 23.6 Å². The van der Waals surface area contributed by atoms with Gasteiger partial charge < -0.3 is 9.80 Å². The van der Waals surface area contributed by atoms with Gasteiger partial charge in [-0.05, 0) is 37.5 Å². The molecule has 1 aromatic carbocycles. The van der Waals surface area contributed by atoms with Gasteiger partial charge in [0.1, 0.15) is 0 Å². The number of hydrogen-bond donors (Lipinski definition) is 0. The number of benzene rings is 1. The van der Waals surface area contributed by atoms with E-state index >= 15 is 0 Å². The van der Waals surface area contributed by atoms with Gasteiger partial charge in [-0.2, -0.15) is 5.10 Å². The van der Waals surface area contributed by atoms with Crippen LogP contribution in [0.15, 0.2) is 41.5 Å². The summed E-state index contributed by atoms with van der Waals surface area (Å²) in [5, 5.41) is 5.03. The van der Waals surface area contributed by atoms with Crippen molar-refractivity contribution in [1.82, 2.24) is 29.1 Å². The maximum absolute atomic E-state index is 12.9. The quantitative estimate of drug-likeness (QED) is 0.617. The zero-order chi connectivity index (χ0) is 22.1. The van der Waals surface area contributed by atoms with Crippen LogP contribution in [0, 0.1) is 0 Å². The molecule has 3 aromatic rings. The van der Waals surface area contributed by atoms with Crippen molar-refractivity contribution >= 4 is 22.7 Å². The van der Waals surface area contributed by atoms with Crippen LogP contribution in [-0.4, -0.2) is 67.1 Å². The first-order valence-corrected chi connectivity index (χ1v) is 11.2. The van der Waals surface area contributed by atoms with Gasteiger partial charge in [-0.25, -0.2) is 4.98 Å². The molecule has 166 valence electrons. The van der Waals surface area contributed by atoms with Crippen LogP contribution in [0.25, 0.3) is 10.9 Å². The molecule has 1 fully saturated rings. The van der Waals surface area contributed by atoms with Crippen molar-refractivity contribution in [2.24, 2.45) is 0 Å². The molecule has 4 heterocycles. The highest BCUT2D eigenvalue weighted by Gasteiger charge is 2.27. The largest absolute Gasteiger partial charge is 0.339 e. The summed E-state index contributed by atoms with van der Waals surface area (Å²) in [6, 6.07) is 9.10. The van der Waals surface area contributed by atoms with Gasteiger partial charge in [0.25, 0.3) is 11.5 Å². The van der Waals surface area contributed by atoms with Crippen molar-refractivity contribution in [3.63, 3.8) is 0 Å². The van der Waals surface area contributed by atoms with Crippen LogP contribution in [0.1, 0.15) is 35.4 Å². The van der Waals surface area contributed by atoms with Crippen LogP contribution in [-0.2, 0) is 24.3 Å². The molecule has 0 saturated carbocycles. The fourth-order valence-corrected chi connectivity index (χ4v) is 4.48. The summed E-state index contributed by atoms with van der Waals surface area (Å²) in [6.07, 6.45) is 4.94. The third kappa shape index (κ3) is 3.90. The second kappa shape index (κ2) is 8.57. The Hall–Kier alpha value is -3.49. The number of rotatable bonds is 4. The highest BCUT2D eigenvalue weighted by atomic mass is 16.2. The number of aromatic nitrogens is 4. The number of carbonyl (C=O) groups is 2. The Morgan fingerprint density at radius 2 is 1.75 bits per heavy atom. The van der Waals surface area contributed by atoms with Gasteiger partial charge in [-0.15, -0.1) is 0 Å². The zero-order valence-electron chi connectivity index (χ0n) is 17.9. The average Bonchev–Trinajstić information content (AvgIpc) is 3.28. The number of aryl methyl sites for hydroxylation is 3. The lowest BCUT2D eigenvalue weighted by atomic mass is 10.1. The van der Waals surface area contributed by atoms with E-state index in [1.54, 1.807) is 28.0 Å². The van der Waals surface area contributed by atoms with Gasteiger partial charge in [0.05, 0.1) is 17.2 Å². The first-order valence-electron chi connectivity index (χ1n) is 11.2. The molecule has 2 aliphatic heterocycles. The first kappa shape index (κ1) is 20.4. The van der Waals surface area contributed by atoms with E-state index in [1.165, 1.54) is 10.9 Å². The third-order valence-corrected chi connectivity index (χ3v) is 6.35. The van der Waals surface area contributed by atoms with E-state index in [0.29, 0.717) is 42.8 Å². The van der Waals surface area contributed by atoms with E-state index < -0.39 is 0 Å². The lowest BCUT2D eigenvalue weighted by molar-refractivity contribution is -0.132. The third-order valence-electron chi connectivity index (χ3n) is 6.35. The van der Waals surface area contributed by atoms with Crippen LogP contribution < -0.4 is 5.56 Å². The highest BCUT2D eigenvalue weighted by molar-refractivity contribution is 5.92. The maximum atomic E-state index is 12.9. The Morgan fingerprint density at radius 3 is 2.56 bits per heavy atom. The molecule has 32 heavy (non-hydrogen) atoms. The van der Waals surface area contributed by atoms with Crippen LogP contribution >= 0.6 is 0 Å². The van der Waals surface area contributed by atoms with E-state index in [2.05, 4.69) is 10.1 Å². The molecule has 2 aliphatic rings. The fraction of sp³-hybridized carbons (Fsp3) is 0.435. The molecular formula is C23H26N6O3. The number of para-hydroxylation sites is 1. The van der Waals surface area contributed by atoms with Crippen molar-refractivity contribution in [3.05, 3.63) is 58.4 Å². The van der Waals surface area contributed by atoms with Crippen molar-refractivity contribution < 1.29 is 9.59 Å². The number of piperazine rings is 1. The fourth-order valence-electron chi connectivity index (χ4n) is 4.48. The minimum atomic E-state index is -0.137. The van der Waals surface area contributed by atoms with Gasteiger partial charge in [-0.1, -0.05) is 12.1 Å². The Bertz CT molecular complexity index is 1200. The number of amides is 2. The molecule has 0 atom stereocenters. The van der Waals surface area contributed by atoms with Gasteiger partial charge in [0.2, 0.25) is 5.91 Å². The van der Waals surface area contributed by atoms with Crippen molar-refractivity contribution in [2.75, 3.05) is 26.2 Å². The van der Waals surface area contributed by atoms with E-state index in [0.717, 1.165) is 31.5 Å². The second-order valence-electron chi connectivity index (χ2n) is 8.38. The summed E-state index contributed by atoms with van der Waals surface area (Å²) < 4.78 is 3.43. The average molecular weight is 435 g/mol. The predicted octanol–water partition coefficient (Wildman–Crippen LogP) is 1.30. The molecule has 0 N–H and O–H groups in total. The Morgan fingerprint density at radius 1 is 0.969 bits per heavy atom. The Balaban J connectivity index is 1.16. The summed E-state index contributed by atoms with van der Waals surface area (Å²) in [7, 11) is 0. The molecule has 1 saturated heterocycles. The van der Waals surface area contributed by atoms with Gasteiger partial charge >= 0.3 is 0 Å². The number of hydrogen-bond acceptors (Lipinski definition) is 5. The van der Waals surface area contributed by atoms with Crippen molar-refractivity contribution in [2.45, 2.75) is 38.8 Å². The zero-order valence-corrected chi connectivity index (χ0v) is 17.9. The SMILES string of the molecule is O=C(CCn1cnc2ccccc2c1=O)N1CCN(C(=O)c2cc3n(n2)CCCC3)CC1. The molecule has 0 unspecified atom stereocenters. The minimum Gasteiger partial charge on any atom is -0.339 e. The van der Waals surface area contributed by atoms with Gasteiger partial charge in [0.15, 0.2) is 5.69 Å². The molecule has 0 aliphatic carbocycles. The van der Waals surface area contributed by atoms with Crippen LogP contribution in [0.5, 0.6) is 0 Å². The highest BCUT2D eigenvalue weighted by Crippen LogP contribution is 2.17. The van der Waals surface area contributed by atoms with Crippen molar-refractivity contribution in [3.8, 4) is 0 Å². The molecule has 5 rings (SSSR count). The molecule has 2 amide bonds. The molecule has 0 bridgehead atoms. The summed E-state index contributed by atoms with van der Waals surface area (Å²) in [5.74, 6) is -0.0811. The first-order chi connectivity index (χ1) is 15.6. The summed E-state index contributed by atoms with van der Waals surface area (Å²) in [4.78, 5) is 46.0. The number of fused-ring (bicyclic) bond motifs is 2. The second-order valence-corrected chi connectivity index (χ2v) is 8.38. The minimum absolute atomic E-state index is 0.0189.